The number of thioether (sulfide) groups is 1. The number of tetrazole rings is 1. The number of fused-ring (bicyclic) bond motifs is 1. The fraction of sp³-hybridized carbons (Fsp3) is 0.286. The normalized spacial score (nSPS) is 11.5. The van der Waals surface area contributed by atoms with Gasteiger partial charge in [0, 0.05) is 42.0 Å². The summed E-state index contributed by atoms with van der Waals surface area (Å²) in [5.74, 6) is 0.899. The molecule has 2 heterocycles. The Morgan fingerprint density at radius 3 is 2.64 bits per heavy atom. The van der Waals surface area contributed by atoms with Gasteiger partial charge in [0.1, 0.15) is 0 Å². The third-order valence-electron chi connectivity index (χ3n) is 4.65. The first-order chi connectivity index (χ1) is 13.7. The van der Waals surface area contributed by atoms with Gasteiger partial charge in [-0.1, -0.05) is 48.2 Å². The summed E-state index contributed by atoms with van der Waals surface area (Å²) < 4.78 is 4.12. The van der Waals surface area contributed by atoms with E-state index in [0.717, 1.165) is 29.7 Å². The predicted octanol–water partition coefficient (Wildman–Crippen LogP) is 4.08. The molecule has 0 unspecified atom stereocenters. The van der Waals surface area contributed by atoms with Crippen LogP contribution in [0.1, 0.15) is 25.5 Å². The second kappa shape index (κ2) is 8.58. The highest BCUT2D eigenvalue weighted by molar-refractivity contribution is 7.99. The minimum atomic E-state index is 0.450. The molecule has 0 aliphatic heterocycles. The second-order valence-corrected chi connectivity index (χ2v) is 7.97. The van der Waals surface area contributed by atoms with Crippen molar-refractivity contribution in [1.82, 2.24) is 30.1 Å². The zero-order valence-corrected chi connectivity index (χ0v) is 16.9. The van der Waals surface area contributed by atoms with E-state index in [4.69, 9.17) is 0 Å². The lowest BCUT2D eigenvalue weighted by atomic mass is 10.2. The van der Waals surface area contributed by atoms with Crippen LogP contribution in [0.25, 0.3) is 16.6 Å². The molecule has 0 amide bonds. The maximum Gasteiger partial charge on any atom is 0.214 e. The Balaban J connectivity index is 1.34. The molecular formula is C21H24N6S. The number of hydrogen-bond donors (Lipinski definition) is 1. The minimum absolute atomic E-state index is 0.450. The number of nitrogens with zero attached hydrogens (tertiary/aromatic N) is 5. The Morgan fingerprint density at radius 2 is 1.82 bits per heavy atom. The van der Waals surface area contributed by atoms with Gasteiger partial charge in [-0.3, -0.25) is 0 Å². The molecule has 0 saturated carbocycles. The Bertz CT molecular complexity index is 1040. The lowest BCUT2D eigenvalue weighted by Crippen LogP contribution is -2.16. The van der Waals surface area contributed by atoms with Crippen LogP contribution >= 0.6 is 11.8 Å². The molecule has 0 aliphatic rings. The van der Waals surface area contributed by atoms with Crippen molar-refractivity contribution in [2.75, 3.05) is 12.3 Å². The van der Waals surface area contributed by atoms with Crippen molar-refractivity contribution >= 4 is 22.7 Å². The van der Waals surface area contributed by atoms with E-state index in [1.807, 2.05) is 30.3 Å². The first-order valence-corrected chi connectivity index (χ1v) is 10.5. The van der Waals surface area contributed by atoms with Crippen LogP contribution in [0.2, 0.25) is 0 Å². The number of nitrogens with one attached hydrogen (secondary N) is 1. The maximum absolute atomic E-state index is 4.15. The lowest BCUT2D eigenvalue weighted by Gasteiger charge is -2.08. The van der Waals surface area contributed by atoms with E-state index in [0.29, 0.717) is 6.04 Å². The summed E-state index contributed by atoms with van der Waals surface area (Å²) in [6.45, 7) is 6.17. The molecule has 0 fully saturated rings. The molecule has 0 bridgehead atoms. The van der Waals surface area contributed by atoms with Gasteiger partial charge < -0.3 is 9.88 Å². The van der Waals surface area contributed by atoms with Gasteiger partial charge in [0.05, 0.1) is 5.69 Å². The van der Waals surface area contributed by atoms with E-state index in [1.54, 1.807) is 16.4 Å². The monoisotopic (exact) mass is 392 g/mol. The molecule has 2 aromatic heterocycles. The minimum Gasteiger partial charge on any atom is -0.345 e. The summed E-state index contributed by atoms with van der Waals surface area (Å²) in [5.41, 5.74) is 3.61. The highest BCUT2D eigenvalue weighted by Gasteiger charge is 2.10. The largest absolute Gasteiger partial charge is 0.345 e. The van der Waals surface area contributed by atoms with Crippen molar-refractivity contribution in [1.29, 1.82) is 0 Å². The summed E-state index contributed by atoms with van der Waals surface area (Å²) in [5, 5.41) is 17.7. The van der Waals surface area contributed by atoms with Crippen LogP contribution in [0.15, 0.2) is 66.0 Å². The van der Waals surface area contributed by atoms with Gasteiger partial charge in [-0.15, -0.1) is 5.10 Å². The summed E-state index contributed by atoms with van der Waals surface area (Å²) in [4.78, 5) is 0. The van der Waals surface area contributed by atoms with Crippen molar-refractivity contribution in [3.8, 4) is 5.69 Å². The van der Waals surface area contributed by atoms with Crippen molar-refractivity contribution in [2.45, 2.75) is 31.6 Å². The predicted molar refractivity (Wildman–Crippen MR) is 114 cm³/mol. The molecule has 7 heteroatoms. The number of hydrogen-bond acceptors (Lipinski definition) is 5. The molecule has 0 saturated heterocycles. The smallest absolute Gasteiger partial charge is 0.214 e. The summed E-state index contributed by atoms with van der Waals surface area (Å²) in [6, 6.07) is 19.0. The summed E-state index contributed by atoms with van der Waals surface area (Å²) >= 11 is 1.66. The molecule has 0 aliphatic carbocycles. The van der Waals surface area contributed by atoms with Crippen molar-refractivity contribution in [3.05, 3.63) is 66.4 Å². The topological polar surface area (TPSA) is 60.6 Å². The molecule has 28 heavy (non-hydrogen) atoms. The van der Waals surface area contributed by atoms with Gasteiger partial charge >= 0.3 is 0 Å². The van der Waals surface area contributed by atoms with E-state index < -0.39 is 0 Å². The zero-order valence-electron chi connectivity index (χ0n) is 16.1. The van der Waals surface area contributed by atoms with Gasteiger partial charge in [-0.2, -0.15) is 4.68 Å². The van der Waals surface area contributed by atoms with Crippen LogP contribution in [-0.4, -0.2) is 37.1 Å². The van der Waals surface area contributed by atoms with Crippen LogP contribution in [-0.2, 0) is 6.54 Å². The Morgan fingerprint density at radius 1 is 1.04 bits per heavy atom. The lowest BCUT2D eigenvalue weighted by molar-refractivity contribution is 0.618. The Hall–Kier alpha value is -2.64. The Labute approximate surface area is 168 Å². The van der Waals surface area contributed by atoms with Crippen molar-refractivity contribution < 1.29 is 0 Å². The molecule has 2 aromatic carbocycles. The van der Waals surface area contributed by atoms with Crippen LogP contribution in [0.4, 0.5) is 0 Å². The fourth-order valence-electron chi connectivity index (χ4n) is 3.28. The van der Waals surface area contributed by atoms with Gasteiger partial charge in [0.2, 0.25) is 5.16 Å². The van der Waals surface area contributed by atoms with Crippen LogP contribution in [0, 0.1) is 0 Å². The maximum atomic E-state index is 4.15. The molecule has 0 atom stereocenters. The number of rotatable bonds is 8. The van der Waals surface area contributed by atoms with Crippen molar-refractivity contribution in [3.63, 3.8) is 0 Å². The van der Waals surface area contributed by atoms with Gasteiger partial charge in [-0.05, 0) is 48.0 Å². The molecule has 0 spiro atoms. The third kappa shape index (κ3) is 3.95. The van der Waals surface area contributed by atoms with Gasteiger partial charge in [0.15, 0.2) is 0 Å². The molecule has 144 valence electrons. The standard InChI is InChI=1S/C21H24N6S/c1-16(2)26-15-17(19-10-6-7-11-20(19)26)14-22-12-13-28-21-23-24-25-27(21)18-8-4-3-5-9-18/h3-11,15-16,22H,12-14H2,1-2H3. The molecule has 4 aromatic rings. The quantitative estimate of drug-likeness (QED) is 0.362. The van der Waals surface area contributed by atoms with Crippen LogP contribution < -0.4 is 5.32 Å². The zero-order chi connectivity index (χ0) is 19.3. The molecule has 0 radical (unpaired) electrons. The third-order valence-corrected chi connectivity index (χ3v) is 5.57. The van der Waals surface area contributed by atoms with E-state index in [2.05, 4.69) is 69.7 Å². The molecular weight excluding hydrogens is 368 g/mol. The van der Waals surface area contributed by atoms with E-state index in [1.165, 1.54) is 16.5 Å². The highest BCUT2D eigenvalue weighted by Crippen LogP contribution is 2.24. The Kier molecular flexibility index (Phi) is 5.73. The number of benzene rings is 2. The first-order valence-electron chi connectivity index (χ1n) is 9.50. The second-order valence-electron chi connectivity index (χ2n) is 6.91. The van der Waals surface area contributed by atoms with Gasteiger partial charge in [-0.25, -0.2) is 0 Å². The average Bonchev–Trinajstić information content (AvgIpc) is 3.33. The summed E-state index contributed by atoms with van der Waals surface area (Å²) in [6.07, 6.45) is 2.27. The number of aromatic nitrogens is 5. The van der Waals surface area contributed by atoms with Gasteiger partial charge in [0.25, 0.3) is 0 Å². The summed E-state index contributed by atoms with van der Waals surface area (Å²) in [7, 11) is 0. The van der Waals surface area contributed by atoms with Crippen molar-refractivity contribution in [2.24, 2.45) is 0 Å². The van der Waals surface area contributed by atoms with E-state index >= 15 is 0 Å². The SMILES string of the molecule is CC(C)n1cc(CNCCSc2nnnn2-c2ccccc2)c2ccccc21. The molecule has 1 N–H and O–H groups in total. The van der Waals surface area contributed by atoms with E-state index in [9.17, 15) is 0 Å². The first kappa shape index (κ1) is 18.7. The number of para-hydroxylation sites is 2. The van der Waals surface area contributed by atoms with Crippen LogP contribution in [0.5, 0.6) is 0 Å². The average molecular weight is 393 g/mol. The molecule has 4 rings (SSSR count). The fourth-order valence-corrected chi connectivity index (χ4v) is 4.07. The highest BCUT2D eigenvalue weighted by atomic mass is 32.2. The van der Waals surface area contributed by atoms with Crippen LogP contribution in [0.3, 0.4) is 0 Å². The molecule has 6 nitrogen and oxygen atoms in total. The van der Waals surface area contributed by atoms with E-state index in [-0.39, 0.29) is 0 Å².